The van der Waals surface area contributed by atoms with Crippen LogP contribution in [0.5, 0.6) is 0 Å². The molecule has 20 heavy (non-hydrogen) atoms. The number of nitrogens with zero attached hydrogens (tertiary/aromatic N) is 3. The lowest BCUT2D eigenvalue weighted by molar-refractivity contribution is 0.517. The first kappa shape index (κ1) is 14.5. The van der Waals surface area contributed by atoms with Crippen LogP contribution in [0.3, 0.4) is 0 Å². The number of rotatable bonds is 5. The van der Waals surface area contributed by atoms with E-state index in [0.717, 1.165) is 12.2 Å². The Kier molecular flexibility index (Phi) is 4.08. The fourth-order valence-corrected chi connectivity index (χ4v) is 2.42. The molecule has 0 saturated carbocycles. The van der Waals surface area contributed by atoms with E-state index in [1.807, 2.05) is 32.4 Å². The van der Waals surface area contributed by atoms with Gasteiger partial charge in [0.05, 0.1) is 6.54 Å². The number of hydrogen-bond acceptors (Lipinski definition) is 4. The molecule has 7 heteroatoms. The average Bonchev–Trinajstić information content (AvgIpc) is 2.77. The van der Waals surface area contributed by atoms with Gasteiger partial charge in [-0.15, -0.1) is 0 Å². The lowest BCUT2D eigenvalue weighted by Gasteiger charge is -2.12. The van der Waals surface area contributed by atoms with Crippen LogP contribution >= 0.6 is 0 Å². The van der Waals surface area contributed by atoms with E-state index >= 15 is 0 Å². The Bertz CT molecular complexity index is 725. The second-order valence-electron chi connectivity index (χ2n) is 4.86. The minimum absolute atomic E-state index is 0.00973. The number of nitrogens with one attached hydrogen (secondary N) is 2. The summed E-state index contributed by atoms with van der Waals surface area (Å²) in [7, 11) is 1.82. The summed E-state index contributed by atoms with van der Waals surface area (Å²) in [6.07, 6.45) is 0.793. The largest absolute Gasteiger partial charge is 0.330 e. The average molecular weight is 279 g/mol. The highest BCUT2D eigenvalue weighted by Gasteiger charge is 2.19. The predicted octanol–water partition coefficient (Wildman–Crippen LogP) is 0.597. The standard InChI is InChI=1S/C13H21N5O2/c1-5-8(3)18-11-10(12(19)16-13(18)20)17(6-2)9(15-11)7-14-4/h8,14H,5-7H2,1-4H3,(H,16,19,20). The molecule has 1 atom stereocenters. The fraction of sp³-hybridized carbons (Fsp3) is 0.615. The summed E-state index contributed by atoms with van der Waals surface area (Å²) in [5.41, 5.74) is 0.174. The Balaban J connectivity index is 2.89. The van der Waals surface area contributed by atoms with Gasteiger partial charge in [-0.25, -0.2) is 9.78 Å². The summed E-state index contributed by atoms with van der Waals surface area (Å²) < 4.78 is 3.42. The normalized spacial score (nSPS) is 13.0. The summed E-state index contributed by atoms with van der Waals surface area (Å²) in [5.74, 6) is 0.762. The molecule has 110 valence electrons. The third-order valence-electron chi connectivity index (χ3n) is 3.59. The van der Waals surface area contributed by atoms with E-state index in [2.05, 4.69) is 15.3 Å². The molecule has 0 aliphatic rings. The third-order valence-corrected chi connectivity index (χ3v) is 3.59. The first-order chi connectivity index (χ1) is 9.54. The molecule has 0 radical (unpaired) electrons. The van der Waals surface area contributed by atoms with Gasteiger partial charge in [-0.3, -0.25) is 14.3 Å². The van der Waals surface area contributed by atoms with Gasteiger partial charge in [-0.2, -0.15) is 0 Å². The van der Waals surface area contributed by atoms with Gasteiger partial charge in [0.2, 0.25) is 0 Å². The third kappa shape index (κ3) is 2.18. The van der Waals surface area contributed by atoms with Crippen LogP contribution < -0.4 is 16.6 Å². The van der Waals surface area contributed by atoms with Crippen molar-refractivity contribution in [3.05, 3.63) is 26.7 Å². The van der Waals surface area contributed by atoms with Gasteiger partial charge in [0.25, 0.3) is 5.56 Å². The lowest BCUT2D eigenvalue weighted by Crippen LogP contribution is -2.32. The number of hydrogen-bond donors (Lipinski definition) is 2. The Morgan fingerprint density at radius 1 is 1.35 bits per heavy atom. The van der Waals surface area contributed by atoms with Crippen molar-refractivity contribution < 1.29 is 0 Å². The molecule has 0 saturated heterocycles. The van der Waals surface area contributed by atoms with E-state index in [-0.39, 0.29) is 11.6 Å². The van der Waals surface area contributed by atoms with Gasteiger partial charge < -0.3 is 9.88 Å². The molecule has 0 fully saturated rings. The molecule has 2 aromatic heterocycles. The predicted molar refractivity (Wildman–Crippen MR) is 78.1 cm³/mol. The molecule has 2 heterocycles. The molecule has 1 unspecified atom stereocenters. The number of H-pyrrole nitrogens is 1. The lowest BCUT2D eigenvalue weighted by atomic mass is 10.2. The van der Waals surface area contributed by atoms with Crippen LogP contribution in [0.4, 0.5) is 0 Å². The summed E-state index contributed by atoms with van der Waals surface area (Å²) in [6.45, 7) is 7.09. The molecule has 0 bridgehead atoms. The van der Waals surface area contributed by atoms with Gasteiger partial charge in [-0.05, 0) is 27.3 Å². The minimum Gasteiger partial charge on any atom is -0.321 e. The van der Waals surface area contributed by atoms with Crippen LogP contribution in [-0.4, -0.2) is 26.1 Å². The van der Waals surface area contributed by atoms with Crippen molar-refractivity contribution in [2.45, 2.75) is 46.3 Å². The number of fused-ring (bicyclic) bond motifs is 1. The Morgan fingerprint density at radius 3 is 2.60 bits per heavy atom. The number of aromatic nitrogens is 4. The highest BCUT2D eigenvalue weighted by Crippen LogP contribution is 2.16. The van der Waals surface area contributed by atoms with Gasteiger partial charge in [0.1, 0.15) is 5.82 Å². The smallest absolute Gasteiger partial charge is 0.321 e. The second-order valence-corrected chi connectivity index (χ2v) is 4.86. The first-order valence-electron chi connectivity index (χ1n) is 6.93. The Morgan fingerprint density at radius 2 is 2.05 bits per heavy atom. The molecule has 0 aliphatic carbocycles. The van der Waals surface area contributed by atoms with Crippen molar-refractivity contribution in [2.75, 3.05) is 7.05 Å². The van der Waals surface area contributed by atoms with Crippen LogP contribution in [0.1, 0.15) is 39.1 Å². The van der Waals surface area contributed by atoms with E-state index in [1.165, 1.54) is 0 Å². The molecule has 0 aliphatic heterocycles. The van der Waals surface area contributed by atoms with Gasteiger partial charge in [0.15, 0.2) is 11.2 Å². The van der Waals surface area contributed by atoms with E-state index in [9.17, 15) is 9.59 Å². The first-order valence-corrected chi connectivity index (χ1v) is 6.93. The summed E-state index contributed by atoms with van der Waals surface area (Å²) >= 11 is 0. The van der Waals surface area contributed by atoms with Crippen molar-refractivity contribution in [1.29, 1.82) is 0 Å². The molecular weight excluding hydrogens is 258 g/mol. The van der Waals surface area contributed by atoms with Crippen molar-refractivity contribution >= 4 is 11.2 Å². The van der Waals surface area contributed by atoms with Crippen LogP contribution in [0.25, 0.3) is 11.2 Å². The molecule has 0 spiro atoms. The number of aromatic amines is 1. The number of aryl methyl sites for hydroxylation is 1. The van der Waals surface area contributed by atoms with E-state index < -0.39 is 5.69 Å². The summed E-state index contributed by atoms with van der Waals surface area (Å²) in [6, 6.07) is -0.00973. The maximum Gasteiger partial charge on any atom is 0.330 e. The minimum atomic E-state index is -0.395. The maximum absolute atomic E-state index is 12.1. The van der Waals surface area contributed by atoms with Crippen LogP contribution in [0.2, 0.25) is 0 Å². The van der Waals surface area contributed by atoms with Gasteiger partial charge in [-0.1, -0.05) is 6.92 Å². The number of imidazole rings is 1. The molecule has 0 aromatic carbocycles. The van der Waals surface area contributed by atoms with Crippen LogP contribution in [0.15, 0.2) is 9.59 Å². The summed E-state index contributed by atoms with van der Waals surface area (Å²) in [4.78, 5) is 31.1. The molecule has 0 amide bonds. The highest BCUT2D eigenvalue weighted by molar-refractivity contribution is 5.71. The van der Waals surface area contributed by atoms with Crippen molar-refractivity contribution in [3.8, 4) is 0 Å². The maximum atomic E-state index is 12.1. The zero-order valence-electron chi connectivity index (χ0n) is 12.4. The molecule has 2 N–H and O–H groups in total. The van der Waals surface area contributed by atoms with Crippen LogP contribution in [-0.2, 0) is 13.1 Å². The molecule has 7 nitrogen and oxygen atoms in total. The topological polar surface area (TPSA) is 84.7 Å². The molecule has 2 aromatic rings. The van der Waals surface area contributed by atoms with Gasteiger partial charge in [0, 0.05) is 12.6 Å². The fourth-order valence-electron chi connectivity index (χ4n) is 2.42. The zero-order valence-corrected chi connectivity index (χ0v) is 12.4. The molecular formula is C13H21N5O2. The Hall–Kier alpha value is -1.89. The quantitative estimate of drug-likeness (QED) is 0.839. The van der Waals surface area contributed by atoms with E-state index in [4.69, 9.17) is 0 Å². The monoisotopic (exact) mass is 279 g/mol. The van der Waals surface area contributed by atoms with Crippen molar-refractivity contribution in [2.24, 2.45) is 0 Å². The SMILES string of the molecule is CCC(C)n1c(=O)[nH]c(=O)c2c1nc(CNC)n2CC. The van der Waals surface area contributed by atoms with Crippen molar-refractivity contribution in [1.82, 2.24) is 24.4 Å². The highest BCUT2D eigenvalue weighted by atomic mass is 16.2. The second kappa shape index (κ2) is 5.62. The Labute approximate surface area is 116 Å². The molecule has 2 rings (SSSR count). The zero-order chi connectivity index (χ0) is 14.9. The van der Waals surface area contributed by atoms with E-state index in [0.29, 0.717) is 24.3 Å². The summed E-state index contributed by atoms with van der Waals surface area (Å²) in [5, 5.41) is 3.03. The van der Waals surface area contributed by atoms with Crippen LogP contribution in [0, 0.1) is 0 Å². The van der Waals surface area contributed by atoms with E-state index in [1.54, 1.807) is 4.57 Å². The van der Waals surface area contributed by atoms with Crippen molar-refractivity contribution in [3.63, 3.8) is 0 Å². The van der Waals surface area contributed by atoms with Gasteiger partial charge >= 0.3 is 5.69 Å².